The van der Waals surface area contributed by atoms with E-state index < -0.39 is 0 Å². The Labute approximate surface area is 117 Å². The zero-order chi connectivity index (χ0) is 13.9. The summed E-state index contributed by atoms with van der Waals surface area (Å²) in [5.74, 6) is 1.33. The summed E-state index contributed by atoms with van der Waals surface area (Å²) in [5, 5.41) is 1.03. The fourth-order valence-electron chi connectivity index (χ4n) is 2.13. The van der Waals surface area contributed by atoms with Gasteiger partial charge in [-0.25, -0.2) is 4.85 Å². The van der Waals surface area contributed by atoms with Crippen molar-refractivity contribution in [1.29, 1.82) is 0 Å². The maximum Gasteiger partial charge on any atom is 0.190 e. The number of fused-ring (bicyclic) bond motifs is 1. The average molecular weight is 263 g/mol. The van der Waals surface area contributed by atoms with Gasteiger partial charge in [0.1, 0.15) is 5.75 Å². The normalized spacial score (nSPS) is 10.4. The first-order valence-corrected chi connectivity index (χ1v) is 6.45. The fraction of sp³-hybridized carbons (Fsp3) is 0.118. The second-order valence-corrected chi connectivity index (χ2v) is 4.50. The SMILES string of the molecule is [C-]#[N+]c1cccc(Oc2cc(CC)cc3ccoc23)c1. The highest BCUT2D eigenvalue weighted by molar-refractivity contribution is 5.84. The maximum atomic E-state index is 7.04. The van der Waals surface area contributed by atoms with Gasteiger partial charge in [-0.3, -0.25) is 0 Å². The largest absolute Gasteiger partial charge is 0.460 e. The minimum atomic E-state index is 0.560. The van der Waals surface area contributed by atoms with Gasteiger partial charge in [-0.15, -0.1) is 0 Å². The molecule has 20 heavy (non-hydrogen) atoms. The first-order chi connectivity index (χ1) is 9.80. The molecule has 3 heteroatoms. The summed E-state index contributed by atoms with van der Waals surface area (Å²) >= 11 is 0. The highest BCUT2D eigenvalue weighted by Gasteiger charge is 2.09. The van der Waals surface area contributed by atoms with Crippen LogP contribution in [0.1, 0.15) is 12.5 Å². The molecule has 0 N–H and O–H groups in total. The van der Waals surface area contributed by atoms with Crippen molar-refractivity contribution in [2.45, 2.75) is 13.3 Å². The lowest BCUT2D eigenvalue weighted by atomic mass is 10.1. The minimum absolute atomic E-state index is 0.560. The number of hydrogen-bond donors (Lipinski definition) is 0. The summed E-state index contributed by atoms with van der Waals surface area (Å²) in [6, 6.07) is 13.1. The second-order valence-electron chi connectivity index (χ2n) is 4.50. The number of benzene rings is 2. The molecule has 0 unspecified atom stereocenters. The molecule has 0 atom stereocenters. The lowest BCUT2D eigenvalue weighted by molar-refractivity contribution is 0.472. The van der Waals surface area contributed by atoms with Crippen molar-refractivity contribution >= 4 is 16.7 Å². The third-order valence-corrected chi connectivity index (χ3v) is 3.16. The molecule has 3 rings (SSSR count). The number of nitrogens with zero attached hydrogens (tertiary/aromatic N) is 1. The van der Waals surface area contributed by atoms with E-state index in [1.54, 1.807) is 18.4 Å². The zero-order valence-corrected chi connectivity index (χ0v) is 11.1. The number of aryl methyl sites for hydroxylation is 1. The molecule has 0 spiro atoms. The van der Waals surface area contributed by atoms with Crippen LogP contribution < -0.4 is 4.74 Å². The molecule has 1 heterocycles. The number of hydrogen-bond acceptors (Lipinski definition) is 2. The van der Waals surface area contributed by atoms with Crippen molar-refractivity contribution in [3.8, 4) is 11.5 Å². The van der Waals surface area contributed by atoms with Gasteiger partial charge in [0.15, 0.2) is 17.0 Å². The van der Waals surface area contributed by atoms with Gasteiger partial charge in [-0.2, -0.15) is 0 Å². The highest BCUT2D eigenvalue weighted by Crippen LogP contribution is 2.33. The summed E-state index contributed by atoms with van der Waals surface area (Å²) in [5.41, 5.74) is 2.48. The predicted molar refractivity (Wildman–Crippen MR) is 78.4 cm³/mol. The Kier molecular flexibility index (Phi) is 3.14. The van der Waals surface area contributed by atoms with Gasteiger partial charge in [0.05, 0.1) is 12.8 Å². The van der Waals surface area contributed by atoms with Crippen molar-refractivity contribution in [3.05, 3.63) is 65.7 Å². The molecule has 0 fully saturated rings. The molecule has 0 aliphatic carbocycles. The summed E-state index contributed by atoms with van der Waals surface area (Å²) < 4.78 is 11.4. The molecule has 1 aromatic heterocycles. The molecule has 0 bridgehead atoms. The molecule has 0 aliphatic rings. The average Bonchev–Trinajstić information content (AvgIpc) is 2.96. The molecule has 0 saturated carbocycles. The zero-order valence-electron chi connectivity index (χ0n) is 11.1. The number of rotatable bonds is 3. The lowest BCUT2D eigenvalue weighted by Crippen LogP contribution is -1.87. The Morgan fingerprint density at radius 3 is 2.90 bits per heavy atom. The van der Waals surface area contributed by atoms with Gasteiger partial charge in [0, 0.05) is 5.39 Å². The number of ether oxygens (including phenoxy) is 1. The molecule has 0 aliphatic heterocycles. The first-order valence-electron chi connectivity index (χ1n) is 6.45. The van der Waals surface area contributed by atoms with Gasteiger partial charge < -0.3 is 9.15 Å². The van der Waals surface area contributed by atoms with Gasteiger partial charge in [-0.05, 0) is 42.3 Å². The maximum absolute atomic E-state index is 7.04. The Morgan fingerprint density at radius 1 is 1.20 bits per heavy atom. The summed E-state index contributed by atoms with van der Waals surface area (Å²) in [7, 11) is 0. The third kappa shape index (κ3) is 2.24. The highest BCUT2D eigenvalue weighted by atomic mass is 16.5. The van der Waals surface area contributed by atoms with Gasteiger partial charge in [0.2, 0.25) is 0 Å². The van der Waals surface area contributed by atoms with E-state index in [2.05, 4.69) is 17.8 Å². The van der Waals surface area contributed by atoms with Crippen molar-refractivity contribution in [3.63, 3.8) is 0 Å². The second kappa shape index (κ2) is 5.10. The standard InChI is InChI=1S/C17H13NO2/c1-3-12-9-13-7-8-19-17(13)16(10-12)20-15-6-4-5-14(11-15)18-2/h4-11H,3H2,1H3. The fourth-order valence-corrected chi connectivity index (χ4v) is 2.13. The van der Waals surface area contributed by atoms with Crippen LogP contribution in [0.15, 0.2) is 53.1 Å². The van der Waals surface area contributed by atoms with E-state index in [4.69, 9.17) is 15.7 Å². The van der Waals surface area contributed by atoms with Crippen LogP contribution in [0.5, 0.6) is 11.5 Å². The van der Waals surface area contributed by atoms with E-state index in [0.717, 1.165) is 17.4 Å². The van der Waals surface area contributed by atoms with E-state index in [0.29, 0.717) is 17.2 Å². The quantitative estimate of drug-likeness (QED) is 0.596. The van der Waals surface area contributed by atoms with Crippen LogP contribution in [0.3, 0.4) is 0 Å². The minimum Gasteiger partial charge on any atom is -0.460 e. The smallest absolute Gasteiger partial charge is 0.190 e. The molecule has 98 valence electrons. The van der Waals surface area contributed by atoms with E-state index in [9.17, 15) is 0 Å². The van der Waals surface area contributed by atoms with Crippen LogP contribution in [0, 0.1) is 6.57 Å². The van der Waals surface area contributed by atoms with Gasteiger partial charge >= 0.3 is 0 Å². The van der Waals surface area contributed by atoms with Crippen LogP contribution in [-0.2, 0) is 6.42 Å². The molecule has 3 nitrogen and oxygen atoms in total. The molecule has 0 saturated heterocycles. The van der Waals surface area contributed by atoms with Crippen molar-refractivity contribution in [1.82, 2.24) is 0 Å². The molecular weight excluding hydrogens is 250 g/mol. The van der Waals surface area contributed by atoms with Crippen LogP contribution in [-0.4, -0.2) is 0 Å². The van der Waals surface area contributed by atoms with Crippen molar-refractivity contribution in [2.24, 2.45) is 0 Å². The van der Waals surface area contributed by atoms with Crippen LogP contribution >= 0.6 is 0 Å². The van der Waals surface area contributed by atoms with Crippen LogP contribution in [0.4, 0.5) is 5.69 Å². The predicted octanol–water partition coefficient (Wildman–Crippen LogP) is 5.34. The van der Waals surface area contributed by atoms with Gasteiger partial charge in [0.25, 0.3) is 0 Å². The molecular formula is C17H13NO2. The van der Waals surface area contributed by atoms with E-state index in [1.165, 1.54) is 5.56 Å². The van der Waals surface area contributed by atoms with E-state index >= 15 is 0 Å². The summed E-state index contributed by atoms with van der Waals surface area (Å²) in [6.45, 7) is 9.14. The Hall–Kier alpha value is -2.73. The molecule has 0 amide bonds. The molecule has 0 radical (unpaired) electrons. The molecule has 2 aromatic carbocycles. The first kappa shape index (κ1) is 12.3. The Morgan fingerprint density at radius 2 is 2.10 bits per heavy atom. The van der Waals surface area contributed by atoms with E-state index in [1.807, 2.05) is 24.3 Å². The Bertz CT molecular complexity index is 796. The van der Waals surface area contributed by atoms with E-state index in [-0.39, 0.29) is 0 Å². The topological polar surface area (TPSA) is 26.7 Å². The number of furan rings is 1. The monoisotopic (exact) mass is 263 g/mol. The summed E-state index contributed by atoms with van der Waals surface area (Å²) in [4.78, 5) is 3.41. The third-order valence-electron chi connectivity index (χ3n) is 3.16. The lowest BCUT2D eigenvalue weighted by Gasteiger charge is -2.08. The van der Waals surface area contributed by atoms with Crippen molar-refractivity contribution < 1.29 is 9.15 Å². The summed E-state index contributed by atoms with van der Waals surface area (Å²) in [6.07, 6.45) is 2.59. The van der Waals surface area contributed by atoms with Crippen molar-refractivity contribution in [2.75, 3.05) is 0 Å². The Balaban J connectivity index is 2.05. The molecule has 3 aromatic rings. The van der Waals surface area contributed by atoms with Crippen LogP contribution in [0.25, 0.3) is 15.8 Å². The van der Waals surface area contributed by atoms with Crippen LogP contribution in [0.2, 0.25) is 0 Å². The van der Waals surface area contributed by atoms with Gasteiger partial charge in [-0.1, -0.05) is 19.1 Å².